The molecule has 8 heteroatoms. The Kier molecular flexibility index (Phi) is 6.97. The Morgan fingerprint density at radius 3 is 2.42 bits per heavy atom. The topological polar surface area (TPSA) is 85.4 Å². The summed E-state index contributed by atoms with van der Waals surface area (Å²) in [5, 5.41) is 14.3. The fourth-order valence-electron chi connectivity index (χ4n) is 3.97. The molecule has 0 atom stereocenters. The molecule has 0 unspecified atom stereocenters. The number of nitrogens with two attached hydrogens (primary N) is 1. The van der Waals surface area contributed by atoms with E-state index in [1.807, 2.05) is 18.2 Å². The van der Waals surface area contributed by atoms with E-state index in [0.717, 1.165) is 26.4 Å². The summed E-state index contributed by atoms with van der Waals surface area (Å²) in [5.74, 6) is -1.12. The van der Waals surface area contributed by atoms with Gasteiger partial charge in [0.15, 0.2) is 0 Å². The third-order valence-electron chi connectivity index (χ3n) is 5.95. The van der Waals surface area contributed by atoms with Gasteiger partial charge in [-0.05, 0) is 54.2 Å². The molecule has 170 valence electrons. The second-order valence-corrected chi connectivity index (χ2v) is 8.82. The number of methoxy groups -OCH3 is 1. The van der Waals surface area contributed by atoms with Crippen LogP contribution in [0.15, 0.2) is 54.6 Å². The largest absolute Gasteiger partial charge is 0.496 e. The first kappa shape index (κ1) is 23.2. The fraction of sp³-hybridized carbons (Fsp3) is 0.200. The number of carboxylic acids is 1. The van der Waals surface area contributed by atoms with E-state index in [1.54, 1.807) is 11.3 Å². The van der Waals surface area contributed by atoms with Crippen LogP contribution in [0.2, 0.25) is 0 Å². The molecule has 1 saturated carbocycles. The molecule has 1 aliphatic carbocycles. The molecule has 1 aliphatic rings. The summed E-state index contributed by atoms with van der Waals surface area (Å²) in [5.41, 5.74) is 4.09. The van der Waals surface area contributed by atoms with E-state index in [2.05, 4.69) is 42.2 Å². The first-order chi connectivity index (χ1) is 16.0. The van der Waals surface area contributed by atoms with E-state index in [9.17, 15) is 9.18 Å². The minimum absolute atomic E-state index is 0.306. The van der Waals surface area contributed by atoms with Crippen LogP contribution >= 0.6 is 24.2 Å². The van der Waals surface area contributed by atoms with Gasteiger partial charge in [-0.3, -0.25) is 5.14 Å². The highest BCUT2D eigenvalue weighted by Gasteiger charge is 2.20. The predicted molar refractivity (Wildman–Crippen MR) is 134 cm³/mol. The van der Waals surface area contributed by atoms with Gasteiger partial charge in [0.1, 0.15) is 16.6 Å². The van der Waals surface area contributed by atoms with Crippen LogP contribution in [0.5, 0.6) is 5.75 Å². The Balaban J connectivity index is 0.00000126. The molecule has 1 aromatic heterocycles. The molecule has 33 heavy (non-hydrogen) atoms. The monoisotopic (exact) mass is 482 g/mol. The summed E-state index contributed by atoms with van der Waals surface area (Å²) in [7, 11) is 1.44. The normalized spacial score (nSPS) is 13.2. The predicted octanol–water partition coefficient (Wildman–Crippen LogP) is 6.53. The first-order valence-electron chi connectivity index (χ1n) is 10.4. The van der Waals surface area contributed by atoms with Crippen molar-refractivity contribution in [3.63, 3.8) is 0 Å². The number of halogens is 1. The van der Waals surface area contributed by atoms with Crippen LogP contribution in [-0.4, -0.2) is 23.2 Å². The van der Waals surface area contributed by atoms with Crippen molar-refractivity contribution in [2.45, 2.75) is 25.2 Å². The Bertz CT molecular complexity index is 1300. The molecule has 3 aromatic carbocycles. The Morgan fingerprint density at radius 2 is 1.82 bits per heavy atom. The minimum atomic E-state index is -1.33. The highest BCUT2D eigenvalue weighted by Crippen LogP contribution is 2.39. The van der Waals surface area contributed by atoms with E-state index in [0.29, 0.717) is 17.2 Å². The number of carboxylic acid groups (broad SMARTS) is 1. The molecule has 0 amide bonds. The maximum absolute atomic E-state index is 14.3. The Morgan fingerprint density at radius 1 is 1.12 bits per heavy atom. The van der Waals surface area contributed by atoms with Gasteiger partial charge in [0.25, 0.3) is 0 Å². The molecule has 3 N–H and O–H groups in total. The van der Waals surface area contributed by atoms with E-state index in [4.69, 9.17) is 14.8 Å². The number of ether oxygens (including phenoxy) is 1. The maximum atomic E-state index is 14.3. The van der Waals surface area contributed by atoms with Gasteiger partial charge in [-0.1, -0.05) is 36.8 Å². The van der Waals surface area contributed by atoms with Crippen LogP contribution in [-0.2, 0) is 0 Å². The molecule has 0 radical (unpaired) electrons. The lowest BCUT2D eigenvalue weighted by molar-refractivity contribution is 0.0691. The van der Waals surface area contributed by atoms with Crippen LogP contribution < -0.4 is 9.88 Å². The van der Waals surface area contributed by atoms with E-state index >= 15 is 0 Å². The molecule has 0 bridgehead atoms. The van der Waals surface area contributed by atoms with E-state index in [-0.39, 0.29) is 0 Å². The van der Waals surface area contributed by atoms with Gasteiger partial charge in [0, 0.05) is 11.1 Å². The van der Waals surface area contributed by atoms with Crippen LogP contribution in [0.4, 0.5) is 4.39 Å². The number of benzene rings is 3. The third kappa shape index (κ3) is 4.59. The summed E-state index contributed by atoms with van der Waals surface area (Å²) < 4.78 is 20.7. The molecule has 5 nitrogen and oxygen atoms in total. The zero-order valence-electron chi connectivity index (χ0n) is 17.9. The van der Waals surface area contributed by atoms with Crippen molar-refractivity contribution in [2.75, 3.05) is 7.11 Å². The number of aromatic nitrogens is 1. The number of hydrogen-bond donors (Lipinski definition) is 3. The lowest BCUT2D eigenvalue weighted by atomic mass is 9.80. The zero-order chi connectivity index (χ0) is 23.5. The summed E-state index contributed by atoms with van der Waals surface area (Å²) in [6, 6.07) is 16.8. The first-order valence-corrected chi connectivity index (χ1v) is 11.7. The molecular weight excluding hydrogens is 459 g/mol. The van der Waals surface area contributed by atoms with Gasteiger partial charge < -0.3 is 9.84 Å². The number of hydrogen-bond acceptors (Lipinski definition) is 6. The standard InChI is InChI=1S/C25H20FNO3S.H3NS/c1-30-22-13-19(25(28)29)20(26)12-18(22)17-9-10-23-21(11-17)27-24(31-23)16-7-5-15(6-8-16)14-3-2-4-14;1-2/h5-14H,2-4H2,1H3,(H,28,29);2H,1H2. The average molecular weight is 483 g/mol. The number of carbonyl (C=O) groups is 1. The van der Waals surface area contributed by atoms with Crippen LogP contribution in [0.25, 0.3) is 31.9 Å². The minimum Gasteiger partial charge on any atom is -0.496 e. The van der Waals surface area contributed by atoms with Crippen molar-refractivity contribution in [1.82, 2.24) is 4.98 Å². The molecule has 0 saturated heterocycles. The number of thiazole rings is 1. The average Bonchev–Trinajstić information content (AvgIpc) is 3.23. The molecule has 1 fully saturated rings. The maximum Gasteiger partial charge on any atom is 0.338 e. The number of nitrogens with zero attached hydrogens (tertiary/aromatic N) is 1. The molecule has 1 heterocycles. The second kappa shape index (κ2) is 9.91. The summed E-state index contributed by atoms with van der Waals surface area (Å²) in [6.07, 6.45) is 3.88. The Labute approximate surface area is 200 Å². The van der Waals surface area contributed by atoms with Crippen molar-refractivity contribution in [3.8, 4) is 27.4 Å². The zero-order valence-corrected chi connectivity index (χ0v) is 19.6. The summed E-state index contributed by atoms with van der Waals surface area (Å²) >= 11 is 4.64. The smallest absolute Gasteiger partial charge is 0.338 e. The van der Waals surface area contributed by atoms with Crippen LogP contribution in [0.3, 0.4) is 0 Å². The van der Waals surface area contributed by atoms with Crippen molar-refractivity contribution in [1.29, 1.82) is 0 Å². The van der Waals surface area contributed by atoms with Gasteiger partial charge in [-0.15, -0.1) is 24.2 Å². The number of rotatable bonds is 5. The van der Waals surface area contributed by atoms with Crippen LogP contribution in [0, 0.1) is 5.82 Å². The second-order valence-electron chi connectivity index (χ2n) is 7.79. The summed E-state index contributed by atoms with van der Waals surface area (Å²) in [4.78, 5) is 16.0. The van der Waals surface area contributed by atoms with E-state index in [1.165, 1.54) is 44.1 Å². The van der Waals surface area contributed by atoms with Gasteiger partial charge in [-0.2, -0.15) is 0 Å². The van der Waals surface area contributed by atoms with Crippen molar-refractivity contribution < 1.29 is 19.0 Å². The van der Waals surface area contributed by atoms with Crippen molar-refractivity contribution in [2.24, 2.45) is 5.14 Å². The lowest BCUT2D eigenvalue weighted by Gasteiger charge is -2.25. The number of fused-ring (bicyclic) bond motifs is 1. The van der Waals surface area contributed by atoms with Gasteiger partial charge >= 0.3 is 5.97 Å². The molecule has 5 rings (SSSR count). The molecule has 0 aliphatic heterocycles. The highest BCUT2D eigenvalue weighted by molar-refractivity contribution is 7.77. The highest BCUT2D eigenvalue weighted by atomic mass is 32.1. The molecule has 0 spiro atoms. The van der Waals surface area contributed by atoms with Gasteiger partial charge in [0.2, 0.25) is 0 Å². The quantitative estimate of drug-likeness (QED) is 0.282. The number of thiol groups is 1. The third-order valence-corrected chi connectivity index (χ3v) is 7.04. The van der Waals surface area contributed by atoms with Gasteiger partial charge in [-0.25, -0.2) is 14.2 Å². The van der Waals surface area contributed by atoms with Crippen LogP contribution in [0.1, 0.15) is 41.1 Å². The molecule has 4 aromatic rings. The molecular formula is C25H23FN2O3S2. The lowest BCUT2D eigenvalue weighted by Crippen LogP contribution is -2.08. The SMILES string of the molecule is COc1cc(C(=O)O)c(F)cc1-c1ccc2sc(-c3ccc(C4CCC4)cc3)nc2c1.NS. The van der Waals surface area contributed by atoms with E-state index < -0.39 is 17.3 Å². The number of aromatic carboxylic acids is 1. The van der Waals surface area contributed by atoms with Gasteiger partial charge in [0.05, 0.1) is 22.9 Å². The van der Waals surface area contributed by atoms with Crippen molar-refractivity contribution >= 4 is 40.3 Å². The van der Waals surface area contributed by atoms with Crippen molar-refractivity contribution in [3.05, 3.63) is 71.5 Å². The summed E-state index contributed by atoms with van der Waals surface area (Å²) in [6.45, 7) is 0. The Hall–Kier alpha value is -2.94. The fourth-order valence-corrected chi connectivity index (χ4v) is 4.92.